The number of halogens is 1. The van der Waals surface area contributed by atoms with Crippen LogP contribution in [-0.2, 0) is 9.59 Å². The Morgan fingerprint density at radius 2 is 1.96 bits per heavy atom. The summed E-state index contributed by atoms with van der Waals surface area (Å²) in [5, 5.41) is 0.508. The summed E-state index contributed by atoms with van der Waals surface area (Å²) in [6.07, 6.45) is 1.31. The Morgan fingerprint density at radius 1 is 1.22 bits per heavy atom. The smallest absolute Gasteiger partial charge is 0.301 e. The number of carbonyl (C=O) groups excluding carboxylic acids is 3. The maximum absolute atomic E-state index is 12.3. The number of nitrogens with zero attached hydrogens (tertiary/aromatic N) is 1. The van der Waals surface area contributed by atoms with Gasteiger partial charge in [-0.2, -0.15) is 0 Å². The SMILES string of the molecule is O=C(NN[C@H]1CC(=O)N(c2ccc(Cl)cc2)C1=O)c1ccco1. The number of hydrogen-bond donors (Lipinski definition) is 2. The molecule has 1 aliphatic rings. The Hall–Kier alpha value is -2.64. The summed E-state index contributed by atoms with van der Waals surface area (Å²) >= 11 is 5.80. The average Bonchev–Trinajstić information content (AvgIpc) is 3.15. The molecule has 2 N–H and O–H groups in total. The van der Waals surface area contributed by atoms with Crippen LogP contribution in [0.5, 0.6) is 0 Å². The van der Waals surface area contributed by atoms with Crippen molar-refractivity contribution in [2.24, 2.45) is 0 Å². The zero-order valence-electron chi connectivity index (χ0n) is 11.8. The van der Waals surface area contributed by atoms with Crippen LogP contribution < -0.4 is 15.8 Å². The molecule has 2 heterocycles. The van der Waals surface area contributed by atoms with Gasteiger partial charge in [0.1, 0.15) is 6.04 Å². The van der Waals surface area contributed by atoms with E-state index < -0.39 is 17.9 Å². The minimum atomic E-state index is -0.836. The van der Waals surface area contributed by atoms with Gasteiger partial charge in [0.15, 0.2) is 5.76 Å². The van der Waals surface area contributed by atoms with Gasteiger partial charge < -0.3 is 4.42 Å². The first-order valence-corrected chi connectivity index (χ1v) is 7.16. The largest absolute Gasteiger partial charge is 0.459 e. The summed E-state index contributed by atoms with van der Waals surface area (Å²) in [5.41, 5.74) is 5.36. The van der Waals surface area contributed by atoms with Crippen molar-refractivity contribution < 1.29 is 18.8 Å². The number of furan rings is 1. The highest BCUT2D eigenvalue weighted by Crippen LogP contribution is 2.24. The van der Waals surface area contributed by atoms with Gasteiger partial charge in [-0.3, -0.25) is 19.8 Å². The van der Waals surface area contributed by atoms with Gasteiger partial charge in [-0.25, -0.2) is 10.3 Å². The third-order valence-corrected chi connectivity index (χ3v) is 3.59. The molecule has 3 amide bonds. The van der Waals surface area contributed by atoms with Crippen LogP contribution in [0.1, 0.15) is 17.0 Å². The van der Waals surface area contributed by atoms with Gasteiger partial charge in [0.05, 0.1) is 18.4 Å². The number of benzene rings is 1. The lowest BCUT2D eigenvalue weighted by atomic mass is 10.2. The molecule has 3 rings (SSSR count). The molecule has 1 aromatic carbocycles. The number of anilines is 1. The van der Waals surface area contributed by atoms with E-state index in [0.29, 0.717) is 10.7 Å². The zero-order chi connectivity index (χ0) is 16.4. The monoisotopic (exact) mass is 333 g/mol. The van der Waals surface area contributed by atoms with Gasteiger partial charge in [0.25, 0.3) is 5.91 Å². The highest BCUT2D eigenvalue weighted by atomic mass is 35.5. The quantitative estimate of drug-likeness (QED) is 0.653. The molecule has 1 aliphatic heterocycles. The Kier molecular flexibility index (Phi) is 4.14. The molecule has 23 heavy (non-hydrogen) atoms. The van der Waals surface area contributed by atoms with E-state index in [-0.39, 0.29) is 18.1 Å². The molecule has 1 aromatic heterocycles. The number of amides is 3. The van der Waals surface area contributed by atoms with Crippen molar-refractivity contribution in [2.45, 2.75) is 12.5 Å². The molecule has 118 valence electrons. The normalized spacial score (nSPS) is 17.6. The fraction of sp³-hybridized carbons (Fsp3) is 0.133. The van der Waals surface area contributed by atoms with Gasteiger partial charge in [0, 0.05) is 5.02 Å². The van der Waals surface area contributed by atoms with E-state index in [1.807, 2.05) is 0 Å². The Balaban J connectivity index is 1.66. The lowest BCUT2D eigenvalue weighted by molar-refractivity contribution is -0.121. The van der Waals surface area contributed by atoms with Crippen molar-refractivity contribution in [1.82, 2.24) is 10.9 Å². The number of nitrogens with one attached hydrogen (secondary N) is 2. The fourth-order valence-corrected chi connectivity index (χ4v) is 2.35. The standard InChI is InChI=1S/C15H12ClN3O4/c16-9-3-5-10(6-4-9)19-13(20)8-11(15(19)22)17-18-14(21)12-2-1-7-23-12/h1-7,11,17H,8H2,(H,18,21)/t11-/m0/s1. The molecule has 0 bridgehead atoms. The van der Waals surface area contributed by atoms with E-state index in [0.717, 1.165) is 4.90 Å². The second kappa shape index (κ2) is 6.23. The summed E-state index contributed by atoms with van der Waals surface area (Å²) in [6, 6.07) is 8.58. The fourth-order valence-electron chi connectivity index (χ4n) is 2.23. The van der Waals surface area contributed by atoms with Crippen LogP contribution in [0.2, 0.25) is 5.02 Å². The lowest BCUT2D eigenvalue weighted by Crippen LogP contribution is -2.48. The van der Waals surface area contributed by atoms with Crippen LogP contribution >= 0.6 is 11.6 Å². The van der Waals surface area contributed by atoms with Gasteiger partial charge in [-0.1, -0.05) is 11.6 Å². The Bertz CT molecular complexity index is 743. The molecule has 8 heteroatoms. The molecule has 2 aromatic rings. The number of imide groups is 1. The molecule has 0 saturated carbocycles. The second-order valence-corrected chi connectivity index (χ2v) is 5.31. The van der Waals surface area contributed by atoms with Gasteiger partial charge in [-0.15, -0.1) is 0 Å². The first-order valence-electron chi connectivity index (χ1n) is 6.78. The Labute approximate surface area is 136 Å². The van der Waals surface area contributed by atoms with Gasteiger partial charge in [-0.05, 0) is 36.4 Å². The van der Waals surface area contributed by atoms with Crippen molar-refractivity contribution >= 4 is 35.0 Å². The molecule has 0 unspecified atom stereocenters. The number of carbonyl (C=O) groups is 3. The van der Waals surface area contributed by atoms with Crippen molar-refractivity contribution in [1.29, 1.82) is 0 Å². The molecular formula is C15H12ClN3O4. The molecule has 1 saturated heterocycles. The summed E-state index contributed by atoms with van der Waals surface area (Å²) in [6.45, 7) is 0. The van der Waals surface area contributed by atoms with Crippen molar-refractivity contribution in [3.05, 3.63) is 53.4 Å². The highest BCUT2D eigenvalue weighted by Gasteiger charge is 2.39. The van der Waals surface area contributed by atoms with E-state index in [1.165, 1.54) is 12.3 Å². The van der Waals surface area contributed by atoms with Crippen LogP contribution in [0.25, 0.3) is 0 Å². The van der Waals surface area contributed by atoms with E-state index >= 15 is 0 Å². The molecule has 0 aliphatic carbocycles. The van der Waals surface area contributed by atoms with Crippen molar-refractivity contribution in [3.63, 3.8) is 0 Å². The maximum Gasteiger partial charge on any atom is 0.301 e. The second-order valence-electron chi connectivity index (χ2n) is 4.88. The van der Waals surface area contributed by atoms with Crippen LogP contribution in [-0.4, -0.2) is 23.8 Å². The van der Waals surface area contributed by atoms with Crippen LogP contribution in [0.15, 0.2) is 47.1 Å². The van der Waals surface area contributed by atoms with Crippen molar-refractivity contribution in [3.8, 4) is 0 Å². The molecule has 0 spiro atoms. The van der Waals surface area contributed by atoms with Gasteiger partial charge >= 0.3 is 5.91 Å². The third-order valence-electron chi connectivity index (χ3n) is 3.34. The van der Waals surface area contributed by atoms with Crippen molar-refractivity contribution in [2.75, 3.05) is 4.90 Å². The van der Waals surface area contributed by atoms with Crippen LogP contribution in [0.4, 0.5) is 5.69 Å². The first-order chi connectivity index (χ1) is 11.1. The van der Waals surface area contributed by atoms with Gasteiger partial charge in [0.2, 0.25) is 5.91 Å². The number of rotatable bonds is 4. The highest BCUT2D eigenvalue weighted by molar-refractivity contribution is 6.30. The predicted molar refractivity (Wildman–Crippen MR) is 81.7 cm³/mol. The first kappa shape index (κ1) is 15.3. The Morgan fingerprint density at radius 3 is 2.61 bits per heavy atom. The number of hydrazine groups is 1. The van der Waals surface area contributed by atoms with Crippen LogP contribution in [0.3, 0.4) is 0 Å². The minimum Gasteiger partial charge on any atom is -0.459 e. The third kappa shape index (κ3) is 3.10. The van der Waals surface area contributed by atoms with E-state index in [2.05, 4.69) is 10.9 Å². The predicted octanol–water partition coefficient (Wildman–Crippen LogP) is 1.50. The topological polar surface area (TPSA) is 91.7 Å². The molecule has 1 fully saturated rings. The summed E-state index contributed by atoms with van der Waals surface area (Å²) < 4.78 is 4.93. The van der Waals surface area contributed by atoms with E-state index in [1.54, 1.807) is 30.3 Å². The molecule has 0 radical (unpaired) electrons. The average molecular weight is 334 g/mol. The molecule has 1 atom stereocenters. The van der Waals surface area contributed by atoms with Crippen LogP contribution in [0, 0.1) is 0 Å². The number of hydrogen-bond acceptors (Lipinski definition) is 5. The van der Waals surface area contributed by atoms with E-state index in [9.17, 15) is 14.4 Å². The minimum absolute atomic E-state index is 0.0557. The van der Waals surface area contributed by atoms with E-state index in [4.69, 9.17) is 16.0 Å². The zero-order valence-corrected chi connectivity index (χ0v) is 12.5. The summed E-state index contributed by atoms with van der Waals surface area (Å²) in [7, 11) is 0. The lowest BCUT2D eigenvalue weighted by Gasteiger charge is -2.15. The summed E-state index contributed by atoms with van der Waals surface area (Å²) in [4.78, 5) is 37.2. The maximum atomic E-state index is 12.3. The summed E-state index contributed by atoms with van der Waals surface area (Å²) in [5.74, 6) is -1.23. The molecule has 7 nitrogen and oxygen atoms in total. The molecular weight excluding hydrogens is 322 g/mol.